The van der Waals surface area contributed by atoms with Crippen molar-refractivity contribution in [1.29, 1.82) is 0 Å². The van der Waals surface area contributed by atoms with Crippen molar-refractivity contribution in [1.82, 2.24) is 0 Å². The number of fused-ring (bicyclic) bond motifs is 7. The van der Waals surface area contributed by atoms with Gasteiger partial charge >= 0.3 is 17.9 Å². The van der Waals surface area contributed by atoms with E-state index in [-0.39, 0.29) is 36.4 Å². The number of rotatable bonds is 14. The number of hydrogen-bond donors (Lipinski definition) is 11. The topological polar surface area (TPSA) is 357 Å². The van der Waals surface area contributed by atoms with Crippen molar-refractivity contribution in [2.24, 2.45) is 56.2 Å². The number of aliphatic hydroxyl groups is 10. The van der Waals surface area contributed by atoms with E-state index in [9.17, 15) is 70.6 Å². The number of esters is 2. The first kappa shape index (κ1) is 59.1. The summed E-state index contributed by atoms with van der Waals surface area (Å²) in [6.45, 7) is 15.8. The monoisotopic (exact) mass is 1100 g/mol. The molecule has 438 valence electrons. The van der Waals surface area contributed by atoms with Crippen LogP contribution in [0.15, 0.2) is 11.6 Å². The predicted molar refractivity (Wildman–Crippen MR) is 261 cm³/mol. The van der Waals surface area contributed by atoms with Gasteiger partial charge in [-0.2, -0.15) is 0 Å². The zero-order valence-corrected chi connectivity index (χ0v) is 45.5. The molecule has 0 radical (unpaired) electrons. The van der Waals surface area contributed by atoms with Gasteiger partial charge in [-0.05, 0) is 98.2 Å². The van der Waals surface area contributed by atoms with Crippen molar-refractivity contribution < 1.29 is 113 Å². The van der Waals surface area contributed by atoms with Crippen LogP contribution in [0.3, 0.4) is 0 Å². The number of carboxylic acids is 1. The van der Waals surface area contributed by atoms with E-state index in [1.54, 1.807) is 13.8 Å². The lowest BCUT2D eigenvalue weighted by molar-refractivity contribution is -0.387. The summed E-state index contributed by atoms with van der Waals surface area (Å²) >= 11 is 0. The minimum atomic E-state index is -2.09. The standard InChI is InChI=1S/C54H84O23/c1-22(23(2)71-24(3)57)45(68)70-21-54-26-16-49(4,5)43(42(54)65)73-32(54)17-53(9)25(26)10-11-30-50(6)14-13-31(51(7,20-56)29(50)12-15-52(30,53)8)74-48-40(76-46-36(62)33(59)27(58)19-69-46)38(64)39(41(77-48)44(66)67)75-47-37(63)35(61)34(60)28(18-55)72-47/h10,22-23,26-43,46-48,55-56,58-65H,11-21H2,1-9H3,(H,66,67)/t22?,23?,26-,27+,28+,29+,30+,31-,32+,33-,34+,35-,36+,37+,38-,39-,40+,41-,42?,43+,46-,47-,48+,50-,51-,52+,53+,54-/m0/s1. The van der Waals surface area contributed by atoms with Crippen LogP contribution in [0.1, 0.15) is 107 Å². The molecule has 4 saturated carbocycles. The second-order valence-corrected chi connectivity index (χ2v) is 25.8. The molecule has 77 heavy (non-hydrogen) atoms. The number of hydrogen-bond acceptors (Lipinski definition) is 22. The predicted octanol–water partition coefficient (Wildman–Crippen LogP) is -0.586. The number of aliphatic carboxylic acids is 1. The minimum Gasteiger partial charge on any atom is -0.479 e. The maximum Gasteiger partial charge on any atom is 0.335 e. The van der Waals surface area contributed by atoms with Crippen LogP contribution >= 0.6 is 0 Å². The Bertz CT molecular complexity index is 2230. The number of ether oxygens (including phenoxy) is 9. The molecule has 4 heterocycles. The van der Waals surface area contributed by atoms with Crippen molar-refractivity contribution >= 4 is 17.9 Å². The smallest absolute Gasteiger partial charge is 0.335 e. The van der Waals surface area contributed by atoms with Gasteiger partial charge in [0.25, 0.3) is 0 Å². The molecular formula is C54H84O23. The van der Waals surface area contributed by atoms with Gasteiger partial charge < -0.3 is 98.8 Å². The SMILES string of the molecule is CC(=O)OC(C)C(C)C(=O)OC[C@@]12C(O)[C@H]3O[C@@H]1C[C@]1(C)C(=CC[C@@H]4[C@@]5(C)CC[C@H](O[C@@H]6O[C@H](C(=O)O)[C@@H](O[C@@H]7O[C@H](CO)[C@@H](O)[C@H](O)[C@H]7O)[C@H](O)[C@H]6O[C@@H]6OC[C@@H](O)[C@H](O)[C@H]6O)[C@@](C)(CO)[C@@H]5CC[C@]41C)[C@@H]2CC3(C)C. The van der Waals surface area contributed by atoms with Crippen LogP contribution in [0.4, 0.5) is 0 Å². The summed E-state index contributed by atoms with van der Waals surface area (Å²) in [6.07, 6.45) is -22.8. The lowest BCUT2D eigenvalue weighted by Crippen LogP contribution is -2.69. The fourth-order valence-corrected chi connectivity index (χ4v) is 16.5. The average Bonchev–Trinajstić information content (AvgIpc) is 3.95. The van der Waals surface area contributed by atoms with Crippen LogP contribution in [0.5, 0.6) is 0 Å². The van der Waals surface area contributed by atoms with Gasteiger partial charge in [-0.25, -0.2) is 4.79 Å². The summed E-state index contributed by atoms with van der Waals surface area (Å²) in [6, 6.07) is 0. The van der Waals surface area contributed by atoms with Crippen LogP contribution in [0.25, 0.3) is 0 Å². The molecule has 0 aromatic rings. The normalized spacial score (nSPS) is 51.7. The zero-order chi connectivity index (χ0) is 56.4. The van der Waals surface area contributed by atoms with Gasteiger partial charge in [0.15, 0.2) is 25.0 Å². The van der Waals surface area contributed by atoms with Gasteiger partial charge in [-0.3, -0.25) is 9.59 Å². The summed E-state index contributed by atoms with van der Waals surface area (Å²) in [5.74, 6) is -3.82. The summed E-state index contributed by atoms with van der Waals surface area (Å²) in [5, 5.41) is 120. The Morgan fingerprint density at radius 3 is 2.08 bits per heavy atom. The molecule has 4 aliphatic heterocycles. The van der Waals surface area contributed by atoms with Crippen LogP contribution in [-0.4, -0.2) is 217 Å². The molecule has 2 bridgehead atoms. The number of aliphatic hydroxyl groups excluding tert-OH is 10. The van der Waals surface area contributed by atoms with Crippen molar-refractivity contribution in [3.05, 3.63) is 11.6 Å². The average molecular weight is 1100 g/mol. The van der Waals surface area contributed by atoms with E-state index >= 15 is 0 Å². The first-order valence-corrected chi connectivity index (χ1v) is 27.4. The second-order valence-electron chi connectivity index (χ2n) is 25.8. The molecule has 0 aromatic heterocycles. The largest absolute Gasteiger partial charge is 0.479 e. The number of carboxylic acid groups (broad SMARTS) is 1. The third kappa shape index (κ3) is 9.25. The highest BCUT2D eigenvalue weighted by Gasteiger charge is 2.76. The fraction of sp³-hybridized carbons (Fsp3) is 0.907. The molecule has 3 unspecified atom stereocenters. The van der Waals surface area contributed by atoms with Crippen molar-refractivity contribution in [2.75, 3.05) is 26.4 Å². The van der Waals surface area contributed by atoms with Crippen LogP contribution < -0.4 is 0 Å². The first-order valence-electron chi connectivity index (χ1n) is 27.4. The highest BCUT2D eigenvalue weighted by atomic mass is 16.8. The lowest BCUT2D eigenvalue weighted by Gasteiger charge is -2.71. The Morgan fingerprint density at radius 1 is 0.753 bits per heavy atom. The molecule has 5 aliphatic carbocycles. The molecule has 9 rings (SSSR count). The highest BCUT2D eigenvalue weighted by molar-refractivity contribution is 5.74. The molecular weight excluding hydrogens is 1020 g/mol. The third-order valence-corrected chi connectivity index (χ3v) is 21.3. The first-order chi connectivity index (χ1) is 36.0. The number of carbonyl (C=O) groups excluding carboxylic acids is 2. The number of carbonyl (C=O) groups is 3. The molecule has 28 atom stereocenters. The van der Waals surface area contributed by atoms with Gasteiger partial charge in [-0.1, -0.05) is 53.2 Å². The van der Waals surface area contributed by atoms with E-state index < -0.39 is 181 Å². The maximum atomic E-state index is 13.6. The minimum absolute atomic E-state index is 0.0482. The molecule has 23 heteroatoms. The van der Waals surface area contributed by atoms with Crippen LogP contribution in [0, 0.1) is 56.2 Å². The Morgan fingerprint density at radius 2 is 1.43 bits per heavy atom. The van der Waals surface area contributed by atoms with E-state index in [0.29, 0.717) is 44.9 Å². The van der Waals surface area contributed by atoms with Gasteiger partial charge in [-0.15, -0.1) is 0 Å². The Hall–Kier alpha value is -2.53. The van der Waals surface area contributed by atoms with Gasteiger partial charge in [0.1, 0.15) is 73.8 Å². The van der Waals surface area contributed by atoms with Crippen molar-refractivity contribution in [2.45, 2.75) is 224 Å². The van der Waals surface area contributed by atoms with E-state index in [1.165, 1.54) is 12.5 Å². The molecule has 0 aromatic carbocycles. The van der Waals surface area contributed by atoms with E-state index in [4.69, 9.17) is 42.6 Å². The van der Waals surface area contributed by atoms with Crippen LogP contribution in [0.2, 0.25) is 0 Å². The molecule has 4 saturated heterocycles. The fourth-order valence-electron chi connectivity index (χ4n) is 16.5. The van der Waals surface area contributed by atoms with Gasteiger partial charge in [0.05, 0.1) is 55.6 Å². The molecule has 11 N–H and O–H groups in total. The Balaban J connectivity index is 0.998. The number of allylic oxidation sites excluding steroid dienone is 2. The van der Waals surface area contributed by atoms with Crippen molar-refractivity contribution in [3.8, 4) is 0 Å². The van der Waals surface area contributed by atoms with Crippen LogP contribution in [-0.2, 0) is 57.0 Å². The zero-order valence-electron chi connectivity index (χ0n) is 45.5. The Kier molecular flexibility index (Phi) is 16.1. The Labute approximate surface area is 448 Å². The molecule has 9 aliphatic rings. The van der Waals surface area contributed by atoms with Gasteiger partial charge in [0, 0.05) is 12.3 Å². The summed E-state index contributed by atoms with van der Waals surface area (Å²) in [7, 11) is 0. The third-order valence-electron chi connectivity index (χ3n) is 21.3. The summed E-state index contributed by atoms with van der Waals surface area (Å²) in [5.41, 5.74) is -2.40. The summed E-state index contributed by atoms with van der Waals surface area (Å²) in [4.78, 5) is 38.4. The van der Waals surface area contributed by atoms with Crippen molar-refractivity contribution in [3.63, 3.8) is 0 Å². The molecule has 8 fully saturated rings. The quantitative estimate of drug-likeness (QED) is 0.0588. The van der Waals surface area contributed by atoms with E-state index in [2.05, 4.69) is 40.7 Å². The van der Waals surface area contributed by atoms with Gasteiger partial charge in [0.2, 0.25) is 0 Å². The van der Waals surface area contributed by atoms with E-state index in [1.807, 2.05) is 6.92 Å². The summed E-state index contributed by atoms with van der Waals surface area (Å²) < 4.78 is 54.3. The second kappa shape index (κ2) is 21.0. The molecule has 0 amide bonds. The molecule has 0 spiro atoms. The highest BCUT2D eigenvalue weighted by Crippen LogP contribution is 2.77. The maximum absolute atomic E-state index is 13.6. The lowest BCUT2D eigenvalue weighted by atomic mass is 9.33. The van der Waals surface area contributed by atoms with E-state index in [0.717, 1.165) is 0 Å². The molecule has 23 nitrogen and oxygen atoms in total.